The minimum absolute atomic E-state index is 0.706. The highest BCUT2D eigenvalue weighted by atomic mass is 35.5. The normalized spacial score (nSPS) is 11.6. The first-order valence-electron chi connectivity index (χ1n) is 13.6. The molecule has 0 saturated carbocycles. The van der Waals surface area contributed by atoms with Gasteiger partial charge in [0.1, 0.15) is 0 Å². The summed E-state index contributed by atoms with van der Waals surface area (Å²) in [6.07, 6.45) is 0. The molecule has 0 aliphatic heterocycles. The fourth-order valence-electron chi connectivity index (χ4n) is 6.43. The second-order valence-corrected chi connectivity index (χ2v) is 10.7. The Balaban J connectivity index is 1.51. The highest BCUT2D eigenvalue weighted by Crippen LogP contribution is 2.58. The SMILES string of the molecule is Clc1ccccc1Nc1ccc2c3c(cccc13)-c1c-2c(-c2ccccc2)c2ccccc2c1-c1ccccc1. The van der Waals surface area contributed by atoms with Gasteiger partial charge in [-0.15, -0.1) is 0 Å². The molecule has 0 unspecified atom stereocenters. The summed E-state index contributed by atoms with van der Waals surface area (Å²) in [7, 11) is 0. The lowest BCUT2D eigenvalue weighted by Crippen LogP contribution is -1.93. The van der Waals surface area contributed by atoms with Crippen LogP contribution in [0.4, 0.5) is 11.4 Å². The molecule has 0 heterocycles. The second-order valence-electron chi connectivity index (χ2n) is 10.3. The fourth-order valence-corrected chi connectivity index (χ4v) is 6.61. The van der Waals surface area contributed by atoms with E-state index in [2.05, 4.69) is 121 Å². The van der Waals surface area contributed by atoms with E-state index in [4.69, 9.17) is 11.6 Å². The summed E-state index contributed by atoms with van der Waals surface area (Å²) in [5.41, 5.74) is 12.1. The third-order valence-corrected chi connectivity index (χ3v) is 8.39. The van der Waals surface area contributed by atoms with E-state index in [1.165, 1.54) is 66.1 Å². The highest BCUT2D eigenvalue weighted by Gasteiger charge is 2.30. The molecular formula is C38H24ClN. The first-order valence-corrected chi connectivity index (χ1v) is 13.9. The van der Waals surface area contributed by atoms with Crippen molar-refractivity contribution in [2.75, 3.05) is 5.32 Å². The van der Waals surface area contributed by atoms with E-state index in [0.29, 0.717) is 5.02 Å². The summed E-state index contributed by atoms with van der Waals surface area (Å²) in [5.74, 6) is 0. The number of rotatable bonds is 4. The van der Waals surface area contributed by atoms with Gasteiger partial charge in [-0.05, 0) is 78.9 Å². The van der Waals surface area contributed by atoms with Crippen LogP contribution in [0, 0.1) is 0 Å². The number of hydrogen-bond donors (Lipinski definition) is 1. The maximum absolute atomic E-state index is 6.55. The molecule has 0 spiro atoms. The summed E-state index contributed by atoms with van der Waals surface area (Å²) in [6, 6.07) is 49.6. The van der Waals surface area contributed by atoms with E-state index < -0.39 is 0 Å². The number of benzene rings is 7. The molecule has 0 radical (unpaired) electrons. The molecule has 7 aromatic rings. The van der Waals surface area contributed by atoms with Crippen LogP contribution in [0.5, 0.6) is 0 Å². The van der Waals surface area contributed by atoms with Crippen molar-refractivity contribution in [1.29, 1.82) is 0 Å². The second kappa shape index (κ2) is 9.12. The smallest absolute Gasteiger partial charge is 0.0640 e. The van der Waals surface area contributed by atoms with E-state index in [0.717, 1.165) is 11.4 Å². The maximum Gasteiger partial charge on any atom is 0.0640 e. The molecule has 8 rings (SSSR count). The standard InChI is InChI=1S/C38H24ClN/c39-31-20-9-10-21-33(31)40-32-23-22-30-36-28(32)18-11-19-29(36)37-34(24-12-3-1-4-13-24)26-16-7-8-17-27(26)35(38(30)37)25-14-5-2-6-15-25/h1-23,40H. The minimum Gasteiger partial charge on any atom is -0.354 e. The van der Waals surface area contributed by atoms with Crippen LogP contribution < -0.4 is 5.32 Å². The molecule has 1 N–H and O–H groups in total. The van der Waals surface area contributed by atoms with Gasteiger partial charge in [-0.3, -0.25) is 0 Å². The van der Waals surface area contributed by atoms with Gasteiger partial charge in [-0.25, -0.2) is 0 Å². The molecule has 1 aliphatic carbocycles. The Hall–Kier alpha value is -4.85. The highest BCUT2D eigenvalue weighted by molar-refractivity contribution is 6.33. The van der Waals surface area contributed by atoms with Gasteiger partial charge in [0.25, 0.3) is 0 Å². The lowest BCUT2D eigenvalue weighted by molar-refractivity contribution is 1.58. The minimum atomic E-state index is 0.706. The number of hydrogen-bond acceptors (Lipinski definition) is 1. The Kier molecular flexibility index (Phi) is 5.26. The number of anilines is 2. The van der Waals surface area contributed by atoms with Gasteiger partial charge in [0.2, 0.25) is 0 Å². The quantitative estimate of drug-likeness (QED) is 0.239. The predicted molar refractivity (Wildman–Crippen MR) is 171 cm³/mol. The van der Waals surface area contributed by atoms with Crippen LogP contribution in [-0.4, -0.2) is 0 Å². The van der Waals surface area contributed by atoms with E-state index in [9.17, 15) is 0 Å². The van der Waals surface area contributed by atoms with Crippen molar-refractivity contribution in [3.8, 4) is 44.5 Å². The number of fused-ring (bicyclic) bond motifs is 4. The lowest BCUT2D eigenvalue weighted by Gasteiger charge is -2.20. The first-order chi connectivity index (χ1) is 19.8. The van der Waals surface area contributed by atoms with E-state index >= 15 is 0 Å². The summed E-state index contributed by atoms with van der Waals surface area (Å²) in [6.45, 7) is 0. The molecule has 0 amide bonds. The van der Waals surface area contributed by atoms with Gasteiger partial charge in [-0.2, -0.15) is 0 Å². The van der Waals surface area contributed by atoms with Gasteiger partial charge in [-0.1, -0.05) is 133 Å². The summed E-state index contributed by atoms with van der Waals surface area (Å²) >= 11 is 6.55. The van der Waals surface area contributed by atoms with Crippen molar-refractivity contribution in [1.82, 2.24) is 0 Å². The van der Waals surface area contributed by atoms with Crippen LogP contribution in [-0.2, 0) is 0 Å². The Morgan fingerprint density at radius 1 is 0.375 bits per heavy atom. The zero-order valence-electron chi connectivity index (χ0n) is 21.7. The summed E-state index contributed by atoms with van der Waals surface area (Å²) < 4.78 is 0. The maximum atomic E-state index is 6.55. The molecule has 1 aliphatic rings. The Morgan fingerprint density at radius 3 is 1.52 bits per heavy atom. The number of nitrogens with one attached hydrogen (secondary N) is 1. The fraction of sp³-hybridized carbons (Fsp3) is 0. The molecule has 40 heavy (non-hydrogen) atoms. The molecule has 7 aromatic carbocycles. The van der Waals surface area contributed by atoms with Gasteiger partial charge in [0.15, 0.2) is 0 Å². The largest absolute Gasteiger partial charge is 0.354 e. The van der Waals surface area contributed by atoms with Crippen molar-refractivity contribution < 1.29 is 0 Å². The monoisotopic (exact) mass is 529 g/mol. The van der Waals surface area contributed by atoms with Crippen molar-refractivity contribution in [2.24, 2.45) is 0 Å². The van der Waals surface area contributed by atoms with Crippen LogP contribution in [0.1, 0.15) is 0 Å². The van der Waals surface area contributed by atoms with Crippen molar-refractivity contribution in [3.05, 3.63) is 145 Å². The average Bonchev–Trinajstić information content (AvgIpc) is 3.34. The first kappa shape index (κ1) is 23.1. The van der Waals surface area contributed by atoms with E-state index in [-0.39, 0.29) is 0 Å². The molecule has 188 valence electrons. The lowest BCUT2D eigenvalue weighted by atomic mass is 9.82. The number of para-hydroxylation sites is 1. The Labute approximate surface area is 238 Å². The predicted octanol–water partition coefficient (Wildman–Crippen LogP) is 11.4. The topological polar surface area (TPSA) is 12.0 Å². The van der Waals surface area contributed by atoms with Crippen LogP contribution in [0.15, 0.2) is 140 Å². The zero-order chi connectivity index (χ0) is 26.6. The van der Waals surface area contributed by atoms with E-state index in [1.54, 1.807) is 0 Å². The summed E-state index contributed by atoms with van der Waals surface area (Å²) in [5, 5.41) is 9.33. The van der Waals surface area contributed by atoms with Gasteiger partial charge in [0.05, 0.1) is 10.7 Å². The molecule has 0 aromatic heterocycles. The van der Waals surface area contributed by atoms with Gasteiger partial charge in [0, 0.05) is 11.1 Å². The van der Waals surface area contributed by atoms with Gasteiger partial charge >= 0.3 is 0 Å². The third kappa shape index (κ3) is 3.42. The molecule has 0 atom stereocenters. The molecule has 1 nitrogen and oxygen atoms in total. The average molecular weight is 530 g/mol. The van der Waals surface area contributed by atoms with Crippen LogP contribution in [0.2, 0.25) is 5.02 Å². The van der Waals surface area contributed by atoms with Crippen LogP contribution in [0.25, 0.3) is 66.1 Å². The Bertz CT molecular complexity index is 1990. The van der Waals surface area contributed by atoms with Gasteiger partial charge < -0.3 is 5.32 Å². The molecule has 2 heteroatoms. The molecule has 0 bridgehead atoms. The molecule has 0 fully saturated rings. The van der Waals surface area contributed by atoms with Crippen molar-refractivity contribution >= 4 is 44.5 Å². The van der Waals surface area contributed by atoms with E-state index in [1.807, 2.05) is 24.3 Å². The molecule has 0 saturated heterocycles. The number of halogens is 1. The van der Waals surface area contributed by atoms with Crippen molar-refractivity contribution in [2.45, 2.75) is 0 Å². The Morgan fingerprint density at radius 2 is 0.900 bits per heavy atom. The van der Waals surface area contributed by atoms with Crippen LogP contribution >= 0.6 is 11.6 Å². The third-order valence-electron chi connectivity index (χ3n) is 8.06. The van der Waals surface area contributed by atoms with Crippen LogP contribution in [0.3, 0.4) is 0 Å². The van der Waals surface area contributed by atoms with Crippen molar-refractivity contribution in [3.63, 3.8) is 0 Å². The zero-order valence-corrected chi connectivity index (χ0v) is 22.4. The summed E-state index contributed by atoms with van der Waals surface area (Å²) in [4.78, 5) is 0. The molecular weight excluding hydrogens is 506 g/mol.